The molecular formula is C16H33ClN2O. The van der Waals surface area contributed by atoms with E-state index in [2.05, 4.69) is 26.2 Å². The fourth-order valence-corrected chi connectivity index (χ4v) is 3.18. The molecule has 1 rings (SSSR count). The molecule has 0 radical (unpaired) electrons. The van der Waals surface area contributed by atoms with Crippen LogP contribution in [-0.2, 0) is 4.79 Å². The number of amides is 1. The van der Waals surface area contributed by atoms with Gasteiger partial charge >= 0.3 is 0 Å². The van der Waals surface area contributed by atoms with E-state index in [1.165, 1.54) is 38.5 Å². The predicted molar refractivity (Wildman–Crippen MR) is 88.4 cm³/mol. The molecule has 0 spiro atoms. The van der Waals surface area contributed by atoms with E-state index in [1.807, 2.05) is 4.90 Å². The SMILES string of the molecule is CCN(CC)C(=O)CCCC[C@H]1CC[C@H](NC)CC1.Cl. The fourth-order valence-electron chi connectivity index (χ4n) is 3.18. The number of nitrogens with one attached hydrogen (secondary N) is 1. The van der Waals surface area contributed by atoms with Gasteiger partial charge in [0.15, 0.2) is 0 Å². The Bertz CT molecular complexity index is 249. The Hall–Kier alpha value is -0.280. The Morgan fingerprint density at radius 3 is 2.20 bits per heavy atom. The highest BCUT2D eigenvalue weighted by Crippen LogP contribution is 2.28. The van der Waals surface area contributed by atoms with Crippen LogP contribution in [0.4, 0.5) is 0 Å². The molecule has 1 saturated carbocycles. The molecule has 0 aromatic rings. The lowest BCUT2D eigenvalue weighted by Gasteiger charge is -2.28. The number of hydrogen-bond acceptors (Lipinski definition) is 2. The lowest BCUT2D eigenvalue weighted by Crippen LogP contribution is -2.30. The van der Waals surface area contributed by atoms with Crippen LogP contribution in [0.3, 0.4) is 0 Å². The average molecular weight is 305 g/mol. The normalized spacial score (nSPS) is 22.1. The van der Waals surface area contributed by atoms with Crippen molar-refractivity contribution in [3.05, 3.63) is 0 Å². The lowest BCUT2D eigenvalue weighted by molar-refractivity contribution is -0.130. The first-order valence-electron chi connectivity index (χ1n) is 8.16. The molecule has 0 heterocycles. The molecule has 3 nitrogen and oxygen atoms in total. The minimum atomic E-state index is 0. The molecule has 0 aromatic heterocycles. The summed E-state index contributed by atoms with van der Waals surface area (Å²) in [6, 6.07) is 0.750. The van der Waals surface area contributed by atoms with Crippen LogP contribution in [0.2, 0.25) is 0 Å². The van der Waals surface area contributed by atoms with Crippen LogP contribution >= 0.6 is 12.4 Å². The predicted octanol–water partition coefficient (Wildman–Crippen LogP) is 3.62. The van der Waals surface area contributed by atoms with Crippen molar-refractivity contribution in [1.82, 2.24) is 10.2 Å². The number of unbranched alkanes of at least 4 members (excludes halogenated alkanes) is 1. The zero-order valence-corrected chi connectivity index (χ0v) is 14.3. The third-order valence-electron chi connectivity index (χ3n) is 4.62. The maximum Gasteiger partial charge on any atom is 0.222 e. The van der Waals surface area contributed by atoms with Crippen molar-refractivity contribution >= 4 is 18.3 Å². The first kappa shape index (κ1) is 19.7. The van der Waals surface area contributed by atoms with Gasteiger partial charge in [-0.25, -0.2) is 0 Å². The summed E-state index contributed by atoms with van der Waals surface area (Å²) in [5, 5.41) is 3.38. The van der Waals surface area contributed by atoms with Gasteiger partial charge in [0, 0.05) is 25.6 Å². The smallest absolute Gasteiger partial charge is 0.222 e. The second-order valence-electron chi connectivity index (χ2n) is 5.82. The zero-order chi connectivity index (χ0) is 14.1. The molecule has 4 heteroatoms. The molecule has 1 aliphatic rings. The molecule has 0 aliphatic heterocycles. The Balaban J connectivity index is 0.00000361. The number of halogens is 1. The van der Waals surface area contributed by atoms with Gasteiger partial charge in [0.1, 0.15) is 0 Å². The summed E-state index contributed by atoms with van der Waals surface area (Å²) < 4.78 is 0. The molecule has 1 aliphatic carbocycles. The van der Waals surface area contributed by atoms with Gasteiger partial charge in [-0.2, -0.15) is 0 Å². The van der Waals surface area contributed by atoms with Crippen molar-refractivity contribution in [2.24, 2.45) is 5.92 Å². The van der Waals surface area contributed by atoms with E-state index in [0.717, 1.165) is 37.9 Å². The van der Waals surface area contributed by atoms with Crippen molar-refractivity contribution < 1.29 is 4.79 Å². The number of nitrogens with zero attached hydrogens (tertiary/aromatic N) is 1. The van der Waals surface area contributed by atoms with E-state index in [-0.39, 0.29) is 12.4 Å². The van der Waals surface area contributed by atoms with Crippen LogP contribution in [0, 0.1) is 5.92 Å². The Morgan fingerprint density at radius 2 is 1.70 bits per heavy atom. The molecule has 0 atom stereocenters. The molecule has 1 amide bonds. The molecule has 0 saturated heterocycles. The molecule has 0 bridgehead atoms. The van der Waals surface area contributed by atoms with Crippen molar-refractivity contribution in [2.75, 3.05) is 20.1 Å². The Labute approximate surface area is 131 Å². The van der Waals surface area contributed by atoms with Gasteiger partial charge in [-0.15, -0.1) is 12.4 Å². The quantitative estimate of drug-likeness (QED) is 0.695. The van der Waals surface area contributed by atoms with Crippen LogP contribution in [-0.4, -0.2) is 37.0 Å². The molecule has 1 N–H and O–H groups in total. The fraction of sp³-hybridized carbons (Fsp3) is 0.938. The molecular weight excluding hydrogens is 272 g/mol. The third kappa shape index (κ3) is 6.94. The Kier molecular flexibility index (Phi) is 11.2. The van der Waals surface area contributed by atoms with Gasteiger partial charge in [0.2, 0.25) is 5.91 Å². The van der Waals surface area contributed by atoms with Crippen molar-refractivity contribution in [3.8, 4) is 0 Å². The van der Waals surface area contributed by atoms with E-state index in [0.29, 0.717) is 5.91 Å². The number of carbonyl (C=O) groups is 1. The van der Waals surface area contributed by atoms with Crippen LogP contribution in [0.1, 0.15) is 65.2 Å². The highest BCUT2D eigenvalue weighted by atomic mass is 35.5. The summed E-state index contributed by atoms with van der Waals surface area (Å²) in [6.45, 7) is 5.82. The van der Waals surface area contributed by atoms with Gasteiger partial charge < -0.3 is 10.2 Å². The first-order chi connectivity index (χ1) is 9.21. The molecule has 0 aromatic carbocycles. The van der Waals surface area contributed by atoms with Crippen molar-refractivity contribution in [2.45, 2.75) is 71.3 Å². The van der Waals surface area contributed by atoms with Gasteiger partial charge in [-0.05, 0) is 58.9 Å². The number of rotatable bonds is 8. The monoisotopic (exact) mass is 304 g/mol. The van der Waals surface area contributed by atoms with E-state index in [4.69, 9.17) is 0 Å². The maximum atomic E-state index is 11.9. The molecule has 120 valence electrons. The third-order valence-corrected chi connectivity index (χ3v) is 4.62. The van der Waals surface area contributed by atoms with Gasteiger partial charge in [0.05, 0.1) is 0 Å². The first-order valence-corrected chi connectivity index (χ1v) is 8.16. The average Bonchev–Trinajstić information content (AvgIpc) is 2.45. The summed E-state index contributed by atoms with van der Waals surface area (Å²) in [7, 11) is 2.07. The number of carbonyl (C=O) groups excluding carboxylic acids is 1. The minimum absolute atomic E-state index is 0. The van der Waals surface area contributed by atoms with Crippen molar-refractivity contribution in [1.29, 1.82) is 0 Å². The van der Waals surface area contributed by atoms with E-state index >= 15 is 0 Å². The second kappa shape index (κ2) is 11.4. The largest absolute Gasteiger partial charge is 0.343 e. The van der Waals surface area contributed by atoms with Gasteiger partial charge in [0.25, 0.3) is 0 Å². The van der Waals surface area contributed by atoms with E-state index in [1.54, 1.807) is 0 Å². The lowest BCUT2D eigenvalue weighted by atomic mass is 9.83. The minimum Gasteiger partial charge on any atom is -0.343 e. The van der Waals surface area contributed by atoms with Crippen molar-refractivity contribution in [3.63, 3.8) is 0 Å². The van der Waals surface area contributed by atoms with Crippen LogP contribution < -0.4 is 5.32 Å². The standard InChI is InChI=1S/C16H32N2O.ClH/c1-4-18(5-2)16(19)9-7-6-8-14-10-12-15(17-3)13-11-14;/h14-15,17H,4-13H2,1-3H3;1H/t14-,15-;. The number of hydrogen-bond donors (Lipinski definition) is 1. The van der Waals surface area contributed by atoms with E-state index < -0.39 is 0 Å². The molecule has 20 heavy (non-hydrogen) atoms. The van der Waals surface area contributed by atoms with E-state index in [9.17, 15) is 4.79 Å². The Morgan fingerprint density at radius 1 is 1.10 bits per heavy atom. The topological polar surface area (TPSA) is 32.3 Å². The van der Waals surface area contributed by atoms with Gasteiger partial charge in [-0.1, -0.05) is 12.8 Å². The molecule has 1 fully saturated rings. The second-order valence-corrected chi connectivity index (χ2v) is 5.82. The van der Waals surface area contributed by atoms with Crippen LogP contribution in [0.15, 0.2) is 0 Å². The maximum absolute atomic E-state index is 11.9. The van der Waals surface area contributed by atoms with Crippen LogP contribution in [0.5, 0.6) is 0 Å². The highest BCUT2D eigenvalue weighted by molar-refractivity contribution is 5.85. The molecule has 0 unspecified atom stereocenters. The summed E-state index contributed by atoms with van der Waals surface area (Å²) >= 11 is 0. The summed E-state index contributed by atoms with van der Waals surface area (Å²) in [6.07, 6.45) is 9.77. The summed E-state index contributed by atoms with van der Waals surface area (Å²) in [5.74, 6) is 1.25. The summed E-state index contributed by atoms with van der Waals surface area (Å²) in [5.41, 5.74) is 0. The summed E-state index contributed by atoms with van der Waals surface area (Å²) in [4.78, 5) is 13.8. The van der Waals surface area contributed by atoms with Gasteiger partial charge in [-0.3, -0.25) is 4.79 Å². The zero-order valence-electron chi connectivity index (χ0n) is 13.5. The highest BCUT2D eigenvalue weighted by Gasteiger charge is 2.19. The van der Waals surface area contributed by atoms with Crippen LogP contribution in [0.25, 0.3) is 0 Å².